The molecule has 0 radical (unpaired) electrons. The van der Waals surface area contributed by atoms with Gasteiger partial charge in [-0.2, -0.15) is 0 Å². The maximum Gasteiger partial charge on any atom is 0.200 e. The number of hydrogen-bond acceptors (Lipinski definition) is 1. The molecular weight excluding hydrogens is 255 g/mol. The SMILES string of the molecule is CC(C)OC(C)Cc1c(F)c(F)c(F)c(F)c1F. The first-order valence-electron chi connectivity index (χ1n) is 5.41. The monoisotopic (exact) mass is 268 g/mol. The number of halogens is 5. The second-order valence-electron chi connectivity index (χ2n) is 4.25. The molecular formula is C12H13F5O. The minimum absolute atomic E-state index is 0.207. The van der Waals surface area contributed by atoms with Gasteiger partial charge in [0.1, 0.15) is 0 Å². The molecule has 102 valence electrons. The van der Waals surface area contributed by atoms with Gasteiger partial charge in [-0.05, 0) is 20.8 Å². The van der Waals surface area contributed by atoms with Gasteiger partial charge in [0.2, 0.25) is 5.82 Å². The molecule has 1 rings (SSSR count). The standard InChI is InChI=1S/C12H13F5O/c1-5(2)18-6(3)4-7-8(13)10(15)12(17)11(16)9(7)14/h5-6H,4H2,1-3H3. The molecule has 0 bridgehead atoms. The molecule has 18 heavy (non-hydrogen) atoms. The third-order valence-corrected chi connectivity index (χ3v) is 2.30. The quantitative estimate of drug-likeness (QED) is 0.459. The Labute approximate surface area is 102 Å². The van der Waals surface area contributed by atoms with E-state index in [1.54, 1.807) is 13.8 Å². The van der Waals surface area contributed by atoms with Crippen molar-refractivity contribution in [3.63, 3.8) is 0 Å². The second-order valence-corrected chi connectivity index (χ2v) is 4.25. The molecule has 1 atom stereocenters. The van der Waals surface area contributed by atoms with Crippen molar-refractivity contribution in [3.8, 4) is 0 Å². The minimum Gasteiger partial charge on any atom is -0.376 e. The van der Waals surface area contributed by atoms with Crippen molar-refractivity contribution in [2.24, 2.45) is 0 Å². The zero-order valence-electron chi connectivity index (χ0n) is 10.2. The molecule has 0 aromatic heterocycles. The Morgan fingerprint density at radius 1 is 0.778 bits per heavy atom. The predicted octanol–water partition coefficient (Wildman–Crippen LogP) is 3.74. The van der Waals surface area contributed by atoms with Crippen LogP contribution in [0.2, 0.25) is 0 Å². The average molecular weight is 268 g/mol. The molecule has 0 N–H and O–H groups in total. The average Bonchev–Trinajstić information content (AvgIpc) is 2.29. The maximum absolute atomic E-state index is 13.3. The van der Waals surface area contributed by atoms with E-state index in [0.29, 0.717) is 0 Å². The van der Waals surface area contributed by atoms with E-state index in [0.717, 1.165) is 0 Å². The lowest BCUT2D eigenvalue weighted by molar-refractivity contribution is 0.0183. The summed E-state index contributed by atoms with van der Waals surface area (Å²) >= 11 is 0. The zero-order chi connectivity index (χ0) is 14.0. The van der Waals surface area contributed by atoms with Gasteiger partial charge in [-0.1, -0.05) is 0 Å². The number of ether oxygens (including phenoxy) is 1. The first-order valence-corrected chi connectivity index (χ1v) is 5.41. The molecule has 6 heteroatoms. The van der Waals surface area contributed by atoms with Crippen molar-refractivity contribution in [1.82, 2.24) is 0 Å². The highest BCUT2D eigenvalue weighted by molar-refractivity contribution is 5.24. The van der Waals surface area contributed by atoms with Crippen LogP contribution in [0.3, 0.4) is 0 Å². The molecule has 0 saturated carbocycles. The summed E-state index contributed by atoms with van der Waals surface area (Å²) in [7, 11) is 0. The number of benzene rings is 1. The summed E-state index contributed by atoms with van der Waals surface area (Å²) in [4.78, 5) is 0. The van der Waals surface area contributed by atoms with E-state index in [-0.39, 0.29) is 12.5 Å². The largest absolute Gasteiger partial charge is 0.376 e. The Bertz CT molecular complexity index is 416. The highest BCUT2D eigenvalue weighted by Crippen LogP contribution is 2.24. The van der Waals surface area contributed by atoms with Crippen LogP contribution in [0.4, 0.5) is 22.0 Å². The molecule has 0 saturated heterocycles. The summed E-state index contributed by atoms with van der Waals surface area (Å²) in [6, 6.07) is 0. The van der Waals surface area contributed by atoms with Crippen LogP contribution in [0.1, 0.15) is 26.3 Å². The van der Waals surface area contributed by atoms with E-state index in [1.165, 1.54) is 6.92 Å². The van der Waals surface area contributed by atoms with Crippen LogP contribution in [-0.2, 0) is 11.2 Å². The fourth-order valence-electron chi connectivity index (χ4n) is 1.63. The first kappa shape index (κ1) is 14.9. The Morgan fingerprint density at radius 2 is 1.17 bits per heavy atom. The molecule has 1 aromatic carbocycles. The topological polar surface area (TPSA) is 9.23 Å². The van der Waals surface area contributed by atoms with Crippen LogP contribution in [0.5, 0.6) is 0 Å². The third-order valence-electron chi connectivity index (χ3n) is 2.30. The summed E-state index contributed by atoms with van der Waals surface area (Å²) in [5, 5.41) is 0. The number of rotatable bonds is 4. The molecule has 0 aliphatic carbocycles. The van der Waals surface area contributed by atoms with Crippen LogP contribution in [-0.4, -0.2) is 12.2 Å². The van der Waals surface area contributed by atoms with Crippen molar-refractivity contribution in [3.05, 3.63) is 34.6 Å². The van der Waals surface area contributed by atoms with Crippen LogP contribution < -0.4 is 0 Å². The van der Waals surface area contributed by atoms with E-state index >= 15 is 0 Å². The van der Waals surface area contributed by atoms with Crippen molar-refractivity contribution in [2.75, 3.05) is 0 Å². The van der Waals surface area contributed by atoms with Crippen molar-refractivity contribution >= 4 is 0 Å². The van der Waals surface area contributed by atoms with E-state index in [1.807, 2.05) is 0 Å². The highest BCUT2D eigenvalue weighted by atomic mass is 19.2. The van der Waals surface area contributed by atoms with Crippen molar-refractivity contribution in [1.29, 1.82) is 0 Å². The maximum atomic E-state index is 13.3. The van der Waals surface area contributed by atoms with Gasteiger partial charge >= 0.3 is 0 Å². The predicted molar refractivity (Wildman–Crippen MR) is 55.6 cm³/mol. The van der Waals surface area contributed by atoms with Crippen molar-refractivity contribution in [2.45, 2.75) is 39.4 Å². The summed E-state index contributed by atoms with van der Waals surface area (Å²) in [5.74, 6) is -9.61. The Hall–Kier alpha value is -1.17. The first-order chi connectivity index (χ1) is 8.25. The molecule has 0 aliphatic rings. The minimum atomic E-state index is -2.15. The van der Waals surface area contributed by atoms with Crippen LogP contribution in [0.15, 0.2) is 0 Å². The molecule has 0 fully saturated rings. The summed E-state index contributed by atoms with van der Waals surface area (Å²) in [5.41, 5.74) is -0.848. The van der Waals surface area contributed by atoms with Gasteiger partial charge in [-0.3, -0.25) is 0 Å². The fourth-order valence-corrected chi connectivity index (χ4v) is 1.63. The normalized spacial score (nSPS) is 13.2. The van der Waals surface area contributed by atoms with E-state index in [9.17, 15) is 22.0 Å². The van der Waals surface area contributed by atoms with Crippen molar-refractivity contribution < 1.29 is 26.7 Å². The van der Waals surface area contributed by atoms with Crippen LogP contribution in [0, 0.1) is 29.1 Å². The molecule has 0 spiro atoms. The zero-order valence-corrected chi connectivity index (χ0v) is 10.2. The van der Waals surface area contributed by atoms with Gasteiger partial charge in [0, 0.05) is 12.0 Å². The molecule has 0 amide bonds. The smallest absolute Gasteiger partial charge is 0.200 e. The molecule has 1 unspecified atom stereocenters. The second kappa shape index (κ2) is 5.65. The summed E-state index contributed by atoms with van der Waals surface area (Å²) in [6.07, 6.45) is -1.25. The van der Waals surface area contributed by atoms with E-state index in [2.05, 4.69) is 0 Å². The molecule has 1 nitrogen and oxygen atoms in total. The Morgan fingerprint density at radius 3 is 1.56 bits per heavy atom. The Balaban J connectivity index is 3.10. The molecule has 1 aromatic rings. The van der Waals surface area contributed by atoms with Gasteiger partial charge in [0.15, 0.2) is 23.3 Å². The number of hydrogen-bond donors (Lipinski definition) is 0. The van der Waals surface area contributed by atoms with Crippen LogP contribution >= 0.6 is 0 Å². The van der Waals surface area contributed by atoms with Gasteiger partial charge < -0.3 is 4.74 Å². The Kier molecular flexibility index (Phi) is 4.67. The van der Waals surface area contributed by atoms with Crippen LogP contribution in [0.25, 0.3) is 0 Å². The lowest BCUT2D eigenvalue weighted by atomic mass is 10.1. The molecule has 0 aliphatic heterocycles. The van der Waals surface area contributed by atoms with Gasteiger partial charge in [0.05, 0.1) is 12.2 Å². The van der Waals surface area contributed by atoms with E-state index in [4.69, 9.17) is 4.74 Å². The lowest BCUT2D eigenvalue weighted by Gasteiger charge is -2.17. The van der Waals surface area contributed by atoms with Gasteiger partial charge in [-0.25, -0.2) is 22.0 Å². The van der Waals surface area contributed by atoms with Gasteiger partial charge in [-0.15, -0.1) is 0 Å². The summed E-state index contributed by atoms with van der Waals surface area (Å²) in [6.45, 7) is 4.90. The summed E-state index contributed by atoms with van der Waals surface area (Å²) < 4.78 is 70.5. The highest BCUT2D eigenvalue weighted by Gasteiger charge is 2.26. The van der Waals surface area contributed by atoms with Gasteiger partial charge in [0.25, 0.3) is 0 Å². The lowest BCUT2D eigenvalue weighted by Crippen LogP contribution is -2.19. The fraction of sp³-hybridized carbons (Fsp3) is 0.500. The molecule has 0 heterocycles. The third kappa shape index (κ3) is 2.98. The van der Waals surface area contributed by atoms with E-state index < -0.39 is 40.8 Å².